The molecule has 1 atom stereocenters. The number of anilines is 2. The Kier molecular flexibility index (Phi) is 5.03. The molecule has 3 amide bonds. The molecular formula is C17H23N3O3. The van der Waals surface area contributed by atoms with Crippen molar-refractivity contribution in [1.29, 1.82) is 0 Å². The van der Waals surface area contributed by atoms with Gasteiger partial charge in [-0.15, -0.1) is 0 Å². The number of carbonyl (C=O) groups is 3. The minimum Gasteiger partial charge on any atom is -0.376 e. The summed E-state index contributed by atoms with van der Waals surface area (Å²) in [5.74, 6) is -0.353. The molecule has 1 fully saturated rings. The third-order valence-electron chi connectivity index (χ3n) is 4.09. The topological polar surface area (TPSA) is 69.7 Å². The minimum atomic E-state index is -0.659. The Labute approximate surface area is 136 Å². The van der Waals surface area contributed by atoms with Gasteiger partial charge in [0.05, 0.1) is 11.4 Å². The first-order valence-corrected chi connectivity index (χ1v) is 7.73. The highest BCUT2D eigenvalue weighted by Crippen LogP contribution is 2.33. The summed E-state index contributed by atoms with van der Waals surface area (Å²) in [6.45, 7) is 4.21. The predicted octanol–water partition coefficient (Wildman–Crippen LogP) is 1.64. The zero-order valence-corrected chi connectivity index (χ0v) is 14.0. The monoisotopic (exact) mass is 317 g/mol. The maximum absolute atomic E-state index is 12.1. The molecule has 1 unspecified atom stereocenters. The molecule has 6 nitrogen and oxygen atoms in total. The summed E-state index contributed by atoms with van der Waals surface area (Å²) >= 11 is 0. The Hall–Kier alpha value is -2.37. The molecule has 0 radical (unpaired) electrons. The second kappa shape index (κ2) is 6.81. The van der Waals surface area contributed by atoms with Crippen LogP contribution in [0.4, 0.5) is 11.4 Å². The van der Waals surface area contributed by atoms with Crippen LogP contribution in [-0.2, 0) is 14.4 Å². The second-order valence-corrected chi connectivity index (χ2v) is 6.28. The summed E-state index contributed by atoms with van der Waals surface area (Å²) in [4.78, 5) is 38.4. The van der Waals surface area contributed by atoms with Crippen molar-refractivity contribution < 1.29 is 14.4 Å². The van der Waals surface area contributed by atoms with Gasteiger partial charge in [-0.25, -0.2) is 0 Å². The maximum Gasteiger partial charge on any atom is 0.249 e. The van der Waals surface area contributed by atoms with Crippen molar-refractivity contribution in [2.24, 2.45) is 0 Å². The number of nitrogens with zero attached hydrogens (tertiary/aromatic N) is 2. The van der Waals surface area contributed by atoms with E-state index in [0.29, 0.717) is 24.4 Å². The van der Waals surface area contributed by atoms with Crippen LogP contribution >= 0.6 is 0 Å². The van der Waals surface area contributed by atoms with Crippen LogP contribution in [0.5, 0.6) is 0 Å². The van der Waals surface area contributed by atoms with Gasteiger partial charge in [-0.1, -0.05) is 19.9 Å². The Bertz CT molecular complexity index is 626. The molecule has 1 aromatic carbocycles. The fourth-order valence-corrected chi connectivity index (χ4v) is 2.72. The third-order valence-corrected chi connectivity index (χ3v) is 4.09. The molecule has 1 N–H and O–H groups in total. The van der Waals surface area contributed by atoms with Crippen molar-refractivity contribution in [3.05, 3.63) is 23.8 Å². The van der Waals surface area contributed by atoms with E-state index in [2.05, 4.69) is 19.2 Å². The summed E-state index contributed by atoms with van der Waals surface area (Å²) in [6.07, 6.45) is 1.24. The van der Waals surface area contributed by atoms with Crippen LogP contribution in [0.3, 0.4) is 0 Å². The third kappa shape index (κ3) is 3.52. The molecule has 0 aromatic heterocycles. The Morgan fingerprint density at radius 1 is 1.22 bits per heavy atom. The van der Waals surface area contributed by atoms with Gasteiger partial charge < -0.3 is 9.80 Å². The second-order valence-electron chi connectivity index (χ2n) is 6.28. The highest BCUT2D eigenvalue weighted by Gasteiger charge is 2.33. The molecule has 1 aliphatic heterocycles. The Balaban J connectivity index is 2.43. The number of amides is 3. The number of hydrogen-bond acceptors (Lipinski definition) is 4. The van der Waals surface area contributed by atoms with E-state index < -0.39 is 11.9 Å². The summed E-state index contributed by atoms with van der Waals surface area (Å²) in [7, 11) is 3.80. The number of hydrogen-bond donors (Lipinski definition) is 1. The summed E-state index contributed by atoms with van der Waals surface area (Å²) < 4.78 is 0. The average molecular weight is 317 g/mol. The standard InChI is InChI=1S/C17H23N3O3/c1-11(2)12-5-6-13(15(9-12)19(3)4)20(10-21)14-7-8-16(22)18-17(14)23/h5-6,9-11,14H,7-8H2,1-4H3,(H,18,22,23). The quantitative estimate of drug-likeness (QED) is 0.662. The highest BCUT2D eigenvalue weighted by atomic mass is 16.2. The van der Waals surface area contributed by atoms with Crippen LogP contribution in [0.25, 0.3) is 0 Å². The van der Waals surface area contributed by atoms with Gasteiger partial charge in [0, 0.05) is 20.5 Å². The first kappa shape index (κ1) is 17.0. The average Bonchev–Trinajstić information content (AvgIpc) is 2.49. The molecule has 0 aliphatic carbocycles. The smallest absolute Gasteiger partial charge is 0.249 e. The van der Waals surface area contributed by atoms with Crippen molar-refractivity contribution in [2.45, 2.75) is 38.6 Å². The van der Waals surface area contributed by atoms with Gasteiger partial charge >= 0.3 is 0 Å². The molecule has 1 aromatic rings. The number of piperidine rings is 1. The Morgan fingerprint density at radius 3 is 2.43 bits per heavy atom. The van der Waals surface area contributed by atoms with Crippen LogP contribution in [0.1, 0.15) is 38.2 Å². The van der Waals surface area contributed by atoms with Gasteiger partial charge in [0.1, 0.15) is 6.04 Å². The summed E-state index contributed by atoms with van der Waals surface area (Å²) in [5, 5.41) is 2.30. The van der Waals surface area contributed by atoms with Crippen molar-refractivity contribution in [3.63, 3.8) is 0 Å². The van der Waals surface area contributed by atoms with E-state index >= 15 is 0 Å². The van der Waals surface area contributed by atoms with Gasteiger partial charge in [0.15, 0.2) is 0 Å². The summed E-state index contributed by atoms with van der Waals surface area (Å²) in [6, 6.07) is 5.20. The summed E-state index contributed by atoms with van der Waals surface area (Å²) in [5.41, 5.74) is 2.70. The number of carbonyl (C=O) groups excluding carboxylic acids is 3. The normalized spacial score (nSPS) is 17.9. The van der Waals surface area contributed by atoms with Gasteiger partial charge in [-0.05, 0) is 30.0 Å². The molecule has 2 rings (SSSR count). The lowest BCUT2D eigenvalue weighted by Crippen LogP contribution is -2.52. The van der Waals surface area contributed by atoms with E-state index in [0.717, 1.165) is 11.3 Å². The number of nitrogens with one attached hydrogen (secondary N) is 1. The molecular weight excluding hydrogens is 294 g/mol. The molecule has 1 heterocycles. The zero-order valence-electron chi connectivity index (χ0n) is 14.0. The molecule has 0 spiro atoms. The van der Waals surface area contributed by atoms with Crippen molar-refractivity contribution in [3.8, 4) is 0 Å². The van der Waals surface area contributed by atoms with E-state index in [-0.39, 0.29) is 12.3 Å². The van der Waals surface area contributed by atoms with Crippen molar-refractivity contribution in [1.82, 2.24) is 5.32 Å². The number of benzene rings is 1. The lowest BCUT2D eigenvalue weighted by atomic mass is 9.99. The van der Waals surface area contributed by atoms with Gasteiger partial charge in [-0.3, -0.25) is 19.7 Å². The zero-order chi connectivity index (χ0) is 17.1. The lowest BCUT2D eigenvalue weighted by Gasteiger charge is -2.32. The van der Waals surface area contributed by atoms with E-state index in [1.54, 1.807) is 0 Å². The predicted molar refractivity (Wildman–Crippen MR) is 89.6 cm³/mol. The van der Waals surface area contributed by atoms with Crippen LogP contribution in [0.2, 0.25) is 0 Å². The van der Waals surface area contributed by atoms with Crippen LogP contribution in [-0.4, -0.2) is 38.4 Å². The first-order valence-electron chi connectivity index (χ1n) is 7.73. The fourth-order valence-electron chi connectivity index (χ4n) is 2.72. The van der Waals surface area contributed by atoms with E-state index in [4.69, 9.17) is 0 Å². The van der Waals surface area contributed by atoms with Crippen LogP contribution in [0, 0.1) is 0 Å². The van der Waals surface area contributed by atoms with Gasteiger partial charge in [-0.2, -0.15) is 0 Å². The van der Waals surface area contributed by atoms with Gasteiger partial charge in [0.2, 0.25) is 18.2 Å². The Morgan fingerprint density at radius 2 is 1.91 bits per heavy atom. The van der Waals surface area contributed by atoms with Crippen LogP contribution in [0.15, 0.2) is 18.2 Å². The van der Waals surface area contributed by atoms with Gasteiger partial charge in [0.25, 0.3) is 0 Å². The van der Waals surface area contributed by atoms with Crippen LogP contribution < -0.4 is 15.1 Å². The molecule has 23 heavy (non-hydrogen) atoms. The highest BCUT2D eigenvalue weighted by molar-refractivity contribution is 6.04. The molecule has 6 heteroatoms. The fraction of sp³-hybridized carbons (Fsp3) is 0.471. The lowest BCUT2D eigenvalue weighted by molar-refractivity contribution is -0.134. The molecule has 0 saturated carbocycles. The van der Waals surface area contributed by atoms with Crippen molar-refractivity contribution in [2.75, 3.05) is 23.9 Å². The van der Waals surface area contributed by atoms with E-state index in [1.807, 2.05) is 37.2 Å². The number of rotatable bonds is 5. The first-order chi connectivity index (χ1) is 10.8. The molecule has 1 aliphatic rings. The molecule has 124 valence electrons. The minimum absolute atomic E-state index is 0.238. The molecule has 1 saturated heterocycles. The van der Waals surface area contributed by atoms with E-state index in [9.17, 15) is 14.4 Å². The molecule has 0 bridgehead atoms. The van der Waals surface area contributed by atoms with Crippen molar-refractivity contribution >= 4 is 29.6 Å². The maximum atomic E-state index is 12.1. The largest absolute Gasteiger partial charge is 0.376 e. The number of imide groups is 1. The van der Waals surface area contributed by atoms with E-state index in [1.165, 1.54) is 4.90 Å². The SMILES string of the molecule is CC(C)c1ccc(N(C=O)C2CCC(=O)NC2=O)c(N(C)C)c1.